The van der Waals surface area contributed by atoms with E-state index in [-0.39, 0.29) is 12.1 Å². The van der Waals surface area contributed by atoms with Crippen LogP contribution in [-0.2, 0) is 27.4 Å². The highest BCUT2D eigenvalue weighted by atomic mass is 32.3. The molecule has 0 aliphatic rings. The number of likely N-dealkylation sites (N-methyl/N-ethyl adjacent to an activating group) is 6. The van der Waals surface area contributed by atoms with Crippen molar-refractivity contribution in [2.75, 3.05) is 84.6 Å². The fourth-order valence-corrected chi connectivity index (χ4v) is 7.31. The van der Waals surface area contributed by atoms with Crippen molar-refractivity contribution in [2.45, 2.75) is 50.5 Å². The molecule has 0 spiro atoms. The molecule has 0 aliphatic heterocycles. The zero-order valence-corrected chi connectivity index (χ0v) is 26.9. The summed E-state index contributed by atoms with van der Waals surface area (Å²) in [6.07, 6.45) is 1.54. The Balaban J connectivity index is 5.52. The van der Waals surface area contributed by atoms with Crippen molar-refractivity contribution in [3.8, 4) is 0 Å². The van der Waals surface area contributed by atoms with Gasteiger partial charge in [-0.05, 0) is 97.4 Å². The van der Waals surface area contributed by atoms with E-state index in [1.165, 1.54) is 0 Å². The van der Waals surface area contributed by atoms with Crippen LogP contribution >= 0.6 is 18.1 Å². The number of hydrogen-bond donors (Lipinski definition) is 0. The molecule has 0 bridgehead atoms. The highest BCUT2D eigenvalue weighted by molar-refractivity contribution is 7.87. The molecule has 0 aliphatic carbocycles. The zero-order chi connectivity index (χ0) is 27.8. The summed E-state index contributed by atoms with van der Waals surface area (Å²) < 4.78 is 47.5. The van der Waals surface area contributed by atoms with E-state index < -0.39 is 40.2 Å². The van der Waals surface area contributed by atoms with E-state index in [4.69, 9.17) is 17.0 Å². The Hall–Kier alpha value is 0.410. The summed E-state index contributed by atoms with van der Waals surface area (Å²) in [6.45, 7) is 4.11. The molecule has 0 heterocycles. The van der Waals surface area contributed by atoms with E-state index in [0.29, 0.717) is 0 Å². The fourth-order valence-electron chi connectivity index (χ4n) is 4.69. The van der Waals surface area contributed by atoms with Gasteiger partial charge in [0.05, 0.1) is 12.1 Å². The molecular formula is C20H50N6O6P2S. The summed E-state index contributed by atoms with van der Waals surface area (Å²) in [7, 11) is 16.9. The minimum absolute atomic E-state index is 0.0600. The predicted octanol–water partition coefficient (Wildman–Crippen LogP) is 1.55. The molecule has 0 fully saturated rings. The van der Waals surface area contributed by atoms with Crippen LogP contribution in [0.25, 0.3) is 0 Å². The van der Waals surface area contributed by atoms with Crippen LogP contribution < -0.4 is 0 Å². The van der Waals surface area contributed by atoms with Crippen molar-refractivity contribution >= 4 is 28.5 Å². The number of rotatable bonds is 18. The molecule has 0 amide bonds. The molecular weight excluding hydrogens is 514 g/mol. The molecule has 35 heavy (non-hydrogen) atoms. The van der Waals surface area contributed by atoms with Gasteiger partial charge in [0.25, 0.3) is 0 Å². The van der Waals surface area contributed by atoms with Crippen LogP contribution in [0.4, 0.5) is 0 Å². The second kappa shape index (κ2) is 15.1. The Morgan fingerprint density at radius 1 is 0.600 bits per heavy atom. The SMILES string of the molecule is CCC(N(C)C)C(OPOS(=O)(=O)OPOC(C(CC)N(C)C)(N(C)C)N(C)C)(N(C)C)N(C)C. The van der Waals surface area contributed by atoms with Crippen molar-refractivity contribution in [1.82, 2.24) is 29.4 Å². The first-order chi connectivity index (χ1) is 16.0. The van der Waals surface area contributed by atoms with Gasteiger partial charge in [-0.1, -0.05) is 13.8 Å². The summed E-state index contributed by atoms with van der Waals surface area (Å²) in [6, 6.07) is -0.120. The van der Waals surface area contributed by atoms with Gasteiger partial charge in [0.2, 0.25) is 11.7 Å². The second-order valence-electron chi connectivity index (χ2n) is 9.62. The Bertz CT molecular complexity index is 644. The maximum atomic E-state index is 12.6. The lowest BCUT2D eigenvalue weighted by molar-refractivity contribution is -0.197. The van der Waals surface area contributed by atoms with Crippen LogP contribution in [0.1, 0.15) is 26.7 Å². The van der Waals surface area contributed by atoms with Crippen molar-refractivity contribution < 1.29 is 25.4 Å². The minimum atomic E-state index is -4.36. The van der Waals surface area contributed by atoms with Crippen LogP contribution in [0.5, 0.6) is 0 Å². The van der Waals surface area contributed by atoms with Crippen LogP contribution in [0, 0.1) is 0 Å². The Labute approximate surface area is 218 Å². The summed E-state index contributed by atoms with van der Waals surface area (Å²) in [4.78, 5) is 11.7. The van der Waals surface area contributed by atoms with E-state index >= 15 is 0 Å². The van der Waals surface area contributed by atoms with Gasteiger partial charge >= 0.3 is 10.4 Å². The lowest BCUT2D eigenvalue weighted by atomic mass is 10.1. The van der Waals surface area contributed by atoms with E-state index in [1.54, 1.807) is 0 Å². The average Bonchev–Trinajstić information content (AvgIpc) is 2.70. The molecule has 15 heteroatoms. The summed E-state index contributed by atoms with van der Waals surface area (Å²) >= 11 is 0. The molecule has 0 saturated carbocycles. The number of hydrogen-bond acceptors (Lipinski definition) is 12. The van der Waals surface area contributed by atoms with Gasteiger partial charge in [0.15, 0.2) is 18.1 Å². The van der Waals surface area contributed by atoms with E-state index in [1.807, 2.05) is 114 Å². The highest BCUT2D eigenvalue weighted by Gasteiger charge is 2.47. The Kier molecular flexibility index (Phi) is 15.3. The molecule has 0 aromatic heterocycles. The standard InChI is InChI=1S/C20H50N6O6P2S/c1-15-17(21(3)4)19(23(7)8,24(9)10)29-33-31-35(27,28)32-34-30-20(25(11)12,26(13)14)18(16-2)22(5)6/h17-18,33-34H,15-16H2,1-14H3. The fraction of sp³-hybridized carbons (Fsp3) is 1.00. The maximum Gasteiger partial charge on any atom is 0.410 e. The van der Waals surface area contributed by atoms with Gasteiger partial charge in [0, 0.05) is 0 Å². The molecule has 0 aromatic rings. The molecule has 0 saturated heterocycles. The smallest absolute Gasteiger partial charge is 0.301 e. The Morgan fingerprint density at radius 3 is 1.03 bits per heavy atom. The summed E-state index contributed by atoms with van der Waals surface area (Å²) in [5.74, 6) is -1.84. The van der Waals surface area contributed by atoms with Gasteiger partial charge < -0.3 is 9.80 Å². The second-order valence-corrected chi connectivity index (χ2v) is 12.5. The largest absolute Gasteiger partial charge is 0.410 e. The zero-order valence-electron chi connectivity index (χ0n) is 24.1. The van der Waals surface area contributed by atoms with Gasteiger partial charge in [0.1, 0.15) is 0 Å². The van der Waals surface area contributed by atoms with Crippen LogP contribution in [0.2, 0.25) is 0 Å². The molecule has 0 radical (unpaired) electrons. The van der Waals surface area contributed by atoms with Crippen LogP contribution in [0.15, 0.2) is 0 Å². The minimum Gasteiger partial charge on any atom is -0.301 e. The number of nitrogens with zero attached hydrogens (tertiary/aromatic N) is 6. The lowest BCUT2D eigenvalue weighted by Crippen LogP contribution is -2.66. The van der Waals surface area contributed by atoms with Gasteiger partial charge in [-0.3, -0.25) is 28.6 Å². The third-order valence-corrected chi connectivity index (χ3v) is 9.05. The van der Waals surface area contributed by atoms with Crippen molar-refractivity contribution in [2.24, 2.45) is 0 Å². The van der Waals surface area contributed by atoms with E-state index in [9.17, 15) is 8.42 Å². The first kappa shape index (κ1) is 35.4. The summed E-state index contributed by atoms with van der Waals surface area (Å²) in [5, 5.41) is 0. The topological polar surface area (TPSA) is 90.5 Å². The third kappa shape index (κ3) is 8.71. The molecule has 212 valence electrons. The normalized spacial score (nSPS) is 16.6. The predicted molar refractivity (Wildman–Crippen MR) is 146 cm³/mol. The van der Waals surface area contributed by atoms with Gasteiger partial charge in [-0.2, -0.15) is 16.4 Å². The van der Waals surface area contributed by atoms with Crippen molar-refractivity contribution in [3.63, 3.8) is 0 Å². The van der Waals surface area contributed by atoms with E-state index in [0.717, 1.165) is 12.8 Å². The molecule has 0 aromatic carbocycles. The van der Waals surface area contributed by atoms with Gasteiger partial charge in [-0.25, -0.2) is 0 Å². The first-order valence-corrected chi connectivity index (χ1v) is 14.4. The van der Waals surface area contributed by atoms with Crippen molar-refractivity contribution in [1.29, 1.82) is 0 Å². The first-order valence-electron chi connectivity index (χ1n) is 11.5. The van der Waals surface area contributed by atoms with Crippen LogP contribution in [-0.4, -0.2) is 146 Å². The summed E-state index contributed by atoms with van der Waals surface area (Å²) in [5.41, 5.74) is 0. The lowest BCUT2D eigenvalue weighted by Gasteiger charge is -2.50. The molecule has 4 atom stereocenters. The molecule has 12 nitrogen and oxygen atoms in total. The van der Waals surface area contributed by atoms with Gasteiger partial charge in [-0.15, -0.1) is 0 Å². The monoisotopic (exact) mass is 564 g/mol. The highest BCUT2D eigenvalue weighted by Crippen LogP contribution is 2.39. The molecule has 0 rings (SSSR count). The van der Waals surface area contributed by atoms with Crippen molar-refractivity contribution in [3.05, 3.63) is 0 Å². The quantitative estimate of drug-likeness (QED) is 0.179. The molecule has 4 unspecified atom stereocenters. The van der Waals surface area contributed by atoms with Crippen LogP contribution in [0.3, 0.4) is 0 Å². The van der Waals surface area contributed by atoms with E-state index in [2.05, 4.69) is 13.8 Å². The average molecular weight is 565 g/mol. The maximum absolute atomic E-state index is 12.6. The molecule has 0 N–H and O–H groups in total. The third-order valence-electron chi connectivity index (χ3n) is 6.11. The Morgan fingerprint density at radius 2 is 0.857 bits per heavy atom.